The fraction of sp³-hybridized carbons (Fsp3) is 0.391. The Labute approximate surface area is 161 Å². The normalized spacial score (nSPS) is 19.0. The number of hydroxylamine groups is 2. The van der Waals surface area contributed by atoms with Crippen LogP contribution >= 0.6 is 0 Å². The van der Waals surface area contributed by atoms with Crippen molar-refractivity contribution in [2.75, 3.05) is 26.2 Å². The number of rotatable bonds is 5. The van der Waals surface area contributed by atoms with Gasteiger partial charge in [-0.25, -0.2) is 4.39 Å². The molecule has 0 aromatic heterocycles. The van der Waals surface area contributed by atoms with E-state index in [2.05, 4.69) is 40.8 Å². The van der Waals surface area contributed by atoms with E-state index in [1.807, 2.05) is 12.1 Å². The first kappa shape index (κ1) is 18.4. The van der Waals surface area contributed by atoms with Gasteiger partial charge in [-0.1, -0.05) is 43.0 Å². The Hall–Kier alpha value is -2.01. The second-order valence-corrected chi connectivity index (χ2v) is 7.69. The van der Waals surface area contributed by atoms with Crippen LogP contribution in [0.15, 0.2) is 55.1 Å². The number of benzene rings is 2. The minimum Gasteiger partial charge on any atom is -0.299 e. The van der Waals surface area contributed by atoms with Gasteiger partial charge in [-0.05, 0) is 66.2 Å². The molecular weight excluding hydrogens is 339 g/mol. The zero-order chi connectivity index (χ0) is 18.6. The largest absolute Gasteiger partial charge is 0.299 e. The molecule has 3 nitrogen and oxygen atoms in total. The Balaban J connectivity index is 1.23. The van der Waals surface area contributed by atoms with Crippen LogP contribution in [0.25, 0.3) is 5.57 Å². The number of hydrogen-bond acceptors (Lipinski definition) is 3. The van der Waals surface area contributed by atoms with Gasteiger partial charge in [-0.3, -0.25) is 9.74 Å². The second kappa shape index (κ2) is 8.34. The summed E-state index contributed by atoms with van der Waals surface area (Å²) in [5, 5.41) is 2.14. The lowest BCUT2D eigenvalue weighted by molar-refractivity contribution is -0.195. The van der Waals surface area contributed by atoms with E-state index in [0.29, 0.717) is 12.5 Å². The van der Waals surface area contributed by atoms with Crippen molar-refractivity contribution in [3.63, 3.8) is 0 Å². The number of halogens is 1. The Morgan fingerprint density at radius 2 is 1.74 bits per heavy atom. The quantitative estimate of drug-likeness (QED) is 0.775. The van der Waals surface area contributed by atoms with E-state index >= 15 is 0 Å². The van der Waals surface area contributed by atoms with E-state index in [1.54, 1.807) is 0 Å². The van der Waals surface area contributed by atoms with Gasteiger partial charge in [0.2, 0.25) is 0 Å². The third-order valence-corrected chi connectivity index (χ3v) is 5.70. The van der Waals surface area contributed by atoms with Gasteiger partial charge < -0.3 is 0 Å². The fourth-order valence-corrected chi connectivity index (χ4v) is 4.03. The van der Waals surface area contributed by atoms with Gasteiger partial charge in [-0.2, -0.15) is 5.06 Å². The number of fused-ring (bicyclic) bond motifs is 1. The zero-order valence-corrected chi connectivity index (χ0v) is 15.7. The Morgan fingerprint density at radius 1 is 1.04 bits per heavy atom. The van der Waals surface area contributed by atoms with Crippen LogP contribution in [0.2, 0.25) is 0 Å². The van der Waals surface area contributed by atoms with Gasteiger partial charge in [0.05, 0.1) is 6.61 Å². The van der Waals surface area contributed by atoms with E-state index in [-0.39, 0.29) is 5.82 Å². The summed E-state index contributed by atoms with van der Waals surface area (Å²) < 4.78 is 13.1. The molecule has 0 spiro atoms. The van der Waals surface area contributed by atoms with Crippen LogP contribution in [0.1, 0.15) is 29.5 Å². The van der Waals surface area contributed by atoms with E-state index in [9.17, 15) is 4.39 Å². The summed E-state index contributed by atoms with van der Waals surface area (Å²) in [5.41, 5.74) is 4.78. The smallest absolute Gasteiger partial charge is 0.123 e. The summed E-state index contributed by atoms with van der Waals surface area (Å²) in [7, 11) is 0. The molecular formula is C23H27FN2O. The molecule has 0 saturated carbocycles. The molecule has 0 atom stereocenters. The van der Waals surface area contributed by atoms with Gasteiger partial charge in [0.1, 0.15) is 5.82 Å². The summed E-state index contributed by atoms with van der Waals surface area (Å²) in [6.45, 7) is 9.78. The number of piperidine rings is 1. The molecule has 2 aromatic carbocycles. The van der Waals surface area contributed by atoms with Gasteiger partial charge in [0.25, 0.3) is 0 Å². The molecule has 1 fully saturated rings. The lowest BCUT2D eigenvalue weighted by atomic mass is 9.95. The molecule has 4 heteroatoms. The molecule has 0 radical (unpaired) electrons. The zero-order valence-electron chi connectivity index (χ0n) is 15.7. The topological polar surface area (TPSA) is 15.7 Å². The summed E-state index contributed by atoms with van der Waals surface area (Å²) >= 11 is 0. The summed E-state index contributed by atoms with van der Waals surface area (Å²) in [6.07, 6.45) is 2.36. The minimum absolute atomic E-state index is 0.199. The summed E-state index contributed by atoms with van der Waals surface area (Å²) in [6, 6.07) is 15.2. The summed E-state index contributed by atoms with van der Waals surface area (Å²) in [4.78, 5) is 8.39. The van der Waals surface area contributed by atoms with Crippen molar-refractivity contribution in [1.29, 1.82) is 0 Å². The first-order chi connectivity index (χ1) is 13.2. The Morgan fingerprint density at radius 3 is 2.48 bits per heavy atom. The van der Waals surface area contributed by atoms with Crippen LogP contribution < -0.4 is 0 Å². The van der Waals surface area contributed by atoms with Crippen LogP contribution in [0, 0.1) is 11.7 Å². The highest BCUT2D eigenvalue weighted by Gasteiger charge is 2.24. The van der Waals surface area contributed by atoms with E-state index in [0.717, 1.165) is 43.9 Å². The van der Waals surface area contributed by atoms with Crippen LogP contribution in [0.4, 0.5) is 4.39 Å². The first-order valence-corrected chi connectivity index (χ1v) is 9.78. The van der Waals surface area contributed by atoms with E-state index in [1.165, 1.54) is 36.1 Å². The van der Waals surface area contributed by atoms with Crippen LogP contribution in [0.5, 0.6) is 0 Å². The average Bonchev–Trinajstić information content (AvgIpc) is 2.70. The monoisotopic (exact) mass is 366 g/mol. The third kappa shape index (κ3) is 4.64. The highest BCUT2D eigenvalue weighted by molar-refractivity contribution is 5.64. The van der Waals surface area contributed by atoms with Gasteiger partial charge in [0.15, 0.2) is 0 Å². The van der Waals surface area contributed by atoms with Gasteiger partial charge >= 0.3 is 0 Å². The molecule has 0 amide bonds. The van der Waals surface area contributed by atoms with Crippen molar-refractivity contribution in [2.24, 2.45) is 5.92 Å². The van der Waals surface area contributed by atoms with Crippen LogP contribution in [-0.2, 0) is 18.0 Å². The molecule has 0 unspecified atom stereocenters. The van der Waals surface area contributed by atoms with Gasteiger partial charge in [-0.15, -0.1) is 0 Å². The van der Waals surface area contributed by atoms with Crippen molar-refractivity contribution in [3.05, 3.63) is 77.6 Å². The Kier molecular flexibility index (Phi) is 5.67. The lowest BCUT2D eigenvalue weighted by Gasteiger charge is -2.36. The SMILES string of the molecule is C=C(CN1CCC(CN2Cc3ccccc3CO2)CC1)c1ccc(F)cc1. The maximum Gasteiger partial charge on any atom is 0.123 e. The molecule has 0 N–H and O–H groups in total. The lowest BCUT2D eigenvalue weighted by Crippen LogP contribution is -2.40. The van der Waals surface area contributed by atoms with Crippen LogP contribution in [0.3, 0.4) is 0 Å². The first-order valence-electron chi connectivity index (χ1n) is 9.78. The molecule has 1 saturated heterocycles. The molecule has 0 bridgehead atoms. The van der Waals surface area contributed by atoms with E-state index < -0.39 is 0 Å². The molecule has 142 valence electrons. The molecule has 2 aromatic rings. The summed E-state index contributed by atoms with van der Waals surface area (Å²) in [5.74, 6) is 0.473. The standard InChI is InChI=1S/C23H27FN2O/c1-18(20-6-8-23(24)9-7-20)14-25-12-10-19(11-13-25)15-26-16-21-4-2-3-5-22(21)17-27-26/h2-9,19H,1,10-17H2. The number of nitrogens with zero attached hydrogens (tertiary/aromatic N) is 2. The maximum absolute atomic E-state index is 13.1. The van der Waals surface area contributed by atoms with Crippen molar-refractivity contribution in [3.8, 4) is 0 Å². The number of likely N-dealkylation sites (tertiary alicyclic amines) is 1. The highest BCUT2D eigenvalue weighted by Crippen LogP contribution is 2.25. The Bertz CT molecular complexity index is 781. The predicted molar refractivity (Wildman–Crippen MR) is 106 cm³/mol. The molecule has 27 heavy (non-hydrogen) atoms. The van der Waals surface area contributed by atoms with Crippen LogP contribution in [-0.4, -0.2) is 36.1 Å². The highest BCUT2D eigenvalue weighted by atomic mass is 19.1. The fourth-order valence-electron chi connectivity index (χ4n) is 4.03. The van der Waals surface area contributed by atoms with Crippen molar-refractivity contribution >= 4 is 5.57 Å². The average molecular weight is 366 g/mol. The predicted octanol–water partition coefficient (Wildman–Crippen LogP) is 4.50. The molecule has 2 aliphatic heterocycles. The molecule has 2 heterocycles. The van der Waals surface area contributed by atoms with Crippen molar-refractivity contribution in [2.45, 2.75) is 26.0 Å². The second-order valence-electron chi connectivity index (χ2n) is 7.69. The molecule has 4 rings (SSSR count). The molecule has 2 aliphatic rings. The minimum atomic E-state index is -0.199. The molecule has 0 aliphatic carbocycles. The van der Waals surface area contributed by atoms with Gasteiger partial charge in [0, 0.05) is 19.6 Å². The third-order valence-electron chi connectivity index (χ3n) is 5.70. The van der Waals surface area contributed by atoms with E-state index in [4.69, 9.17) is 4.84 Å². The van der Waals surface area contributed by atoms with Crippen molar-refractivity contribution in [1.82, 2.24) is 9.96 Å². The number of hydrogen-bond donors (Lipinski definition) is 0. The van der Waals surface area contributed by atoms with Crippen molar-refractivity contribution < 1.29 is 9.23 Å². The maximum atomic E-state index is 13.1.